The molecule has 0 fully saturated rings. The van der Waals surface area contributed by atoms with Crippen molar-refractivity contribution in [3.8, 4) is 17.9 Å². The second-order valence-electron chi connectivity index (χ2n) is 6.44. The van der Waals surface area contributed by atoms with Gasteiger partial charge in [-0.3, -0.25) is 0 Å². The van der Waals surface area contributed by atoms with E-state index >= 15 is 0 Å². The van der Waals surface area contributed by atoms with Crippen LogP contribution in [0.1, 0.15) is 18.1 Å². The van der Waals surface area contributed by atoms with Gasteiger partial charge in [0.15, 0.2) is 0 Å². The maximum absolute atomic E-state index is 10.3. The van der Waals surface area contributed by atoms with Gasteiger partial charge in [-0.2, -0.15) is 10.5 Å². The fraction of sp³-hybridized carbons (Fsp3) is 0.364. The summed E-state index contributed by atoms with van der Waals surface area (Å²) in [7, 11) is 0. The van der Waals surface area contributed by atoms with Crippen molar-refractivity contribution in [2.45, 2.75) is 26.4 Å². The van der Waals surface area contributed by atoms with Crippen LogP contribution in [-0.2, 0) is 6.42 Å². The van der Waals surface area contributed by atoms with E-state index in [1.54, 1.807) is 0 Å². The van der Waals surface area contributed by atoms with Gasteiger partial charge in [0.2, 0.25) is 0 Å². The van der Waals surface area contributed by atoms with E-state index in [2.05, 4.69) is 4.90 Å². The molecule has 1 atom stereocenters. The number of hydrogen-bond acceptors (Lipinski definition) is 5. The maximum Gasteiger partial charge on any atom is 0.137 e. The molecule has 0 bridgehead atoms. The zero-order valence-electron chi connectivity index (χ0n) is 15.8. The van der Waals surface area contributed by atoms with Crippen molar-refractivity contribution in [2.75, 3.05) is 24.6 Å². The summed E-state index contributed by atoms with van der Waals surface area (Å²) in [6.45, 7) is 5.45. The number of nitriles is 2. The molecule has 2 aromatic carbocycles. The largest absolute Gasteiger partial charge is 0.491 e. The molecule has 5 nitrogen and oxygen atoms in total. The van der Waals surface area contributed by atoms with Crippen LogP contribution in [0.2, 0.25) is 0 Å². The van der Waals surface area contributed by atoms with Crippen molar-refractivity contribution >= 4 is 5.69 Å². The lowest BCUT2D eigenvalue weighted by atomic mass is 9.97. The van der Waals surface area contributed by atoms with E-state index in [0.717, 1.165) is 29.1 Å². The number of para-hydroxylation sites is 1. The number of benzene rings is 2. The monoisotopic (exact) mass is 363 g/mol. The minimum absolute atomic E-state index is 0.226. The van der Waals surface area contributed by atoms with E-state index in [9.17, 15) is 5.11 Å². The molecule has 0 aliphatic heterocycles. The zero-order valence-corrected chi connectivity index (χ0v) is 15.8. The summed E-state index contributed by atoms with van der Waals surface area (Å²) in [5, 5.41) is 28.3. The number of anilines is 1. The van der Waals surface area contributed by atoms with Crippen LogP contribution in [-0.4, -0.2) is 30.9 Å². The first-order valence-electron chi connectivity index (χ1n) is 9.07. The Morgan fingerprint density at radius 2 is 1.81 bits per heavy atom. The topological polar surface area (TPSA) is 80.3 Å². The first-order valence-corrected chi connectivity index (χ1v) is 9.07. The van der Waals surface area contributed by atoms with Gasteiger partial charge in [0.05, 0.1) is 12.1 Å². The minimum atomic E-state index is -0.631. The van der Waals surface area contributed by atoms with Crippen LogP contribution in [0.5, 0.6) is 5.75 Å². The summed E-state index contributed by atoms with van der Waals surface area (Å²) in [5.74, 6) is 0.109. The van der Waals surface area contributed by atoms with E-state index < -0.39 is 12.0 Å². The number of aliphatic hydroxyl groups excluding tert-OH is 1. The van der Waals surface area contributed by atoms with Crippen molar-refractivity contribution in [1.82, 2.24) is 0 Å². The second kappa shape index (κ2) is 10.2. The van der Waals surface area contributed by atoms with Crippen molar-refractivity contribution in [1.29, 1.82) is 10.5 Å². The SMILES string of the molecule is CCN(CC(O)COc1ccccc1)c1ccc(CC(C#N)C#N)c(C)c1. The van der Waals surface area contributed by atoms with Crippen LogP contribution in [0, 0.1) is 35.5 Å². The van der Waals surface area contributed by atoms with Gasteiger partial charge >= 0.3 is 0 Å². The van der Waals surface area contributed by atoms with Gasteiger partial charge in [-0.05, 0) is 49.2 Å². The average Bonchev–Trinajstić information content (AvgIpc) is 2.70. The van der Waals surface area contributed by atoms with Gasteiger partial charge in [-0.15, -0.1) is 0 Å². The second-order valence-corrected chi connectivity index (χ2v) is 6.44. The predicted octanol–water partition coefficient (Wildman–Crippen LogP) is 3.47. The minimum Gasteiger partial charge on any atom is -0.491 e. The quantitative estimate of drug-likeness (QED) is 0.738. The van der Waals surface area contributed by atoms with E-state index in [1.165, 1.54) is 0 Å². The predicted molar refractivity (Wildman–Crippen MR) is 105 cm³/mol. The van der Waals surface area contributed by atoms with E-state index in [1.807, 2.05) is 74.5 Å². The summed E-state index contributed by atoms with van der Waals surface area (Å²) < 4.78 is 5.62. The molecular weight excluding hydrogens is 338 g/mol. The van der Waals surface area contributed by atoms with Crippen molar-refractivity contribution in [3.63, 3.8) is 0 Å². The smallest absolute Gasteiger partial charge is 0.137 e. The lowest BCUT2D eigenvalue weighted by Gasteiger charge is -2.27. The average molecular weight is 363 g/mol. The van der Waals surface area contributed by atoms with Crippen LogP contribution < -0.4 is 9.64 Å². The standard InChI is InChI=1S/C22H25N3O2/c1-3-25(15-21(26)16-27-22-7-5-4-6-8-22)20-10-9-19(17(2)11-20)12-18(13-23)14-24/h4-11,18,21,26H,3,12,15-16H2,1-2H3. The molecule has 1 unspecified atom stereocenters. The third-order valence-electron chi connectivity index (χ3n) is 4.43. The Morgan fingerprint density at radius 1 is 1.11 bits per heavy atom. The highest BCUT2D eigenvalue weighted by atomic mass is 16.5. The molecule has 140 valence electrons. The number of hydrogen-bond donors (Lipinski definition) is 1. The van der Waals surface area contributed by atoms with Gasteiger partial charge in [-0.25, -0.2) is 0 Å². The Bertz CT molecular complexity index is 795. The molecule has 0 spiro atoms. The first-order chi connectivity index (χ1) is 13.1. The number of nitrogens with zero attached hydrogens (tertiary/aromatic N) is 3. The Balaban J connectivity index is 1.99. The van der Waals surface area contributed by atoms with Crippen LogP contribution in [0.25, 0.3) is 0 Å². The number of aliphatic hydroxyl groups is 1. The van der Waals surface area contributed by atoms with Crippen LogP contribution >= 0.6 is 0 Å². The summed E-state index contributed by atoms with van der Waals surface area (Å²) in [6.07, 6.45) is -0.189. The molecule has 27 heavy (non-hydrogen) atoms. The normalized spacial score (nSPS) is 11.5. The third-order valence-corrected chi connectivity index (χ3v) is 4.43. The van der Waals surface area contributed by atoms with Gasteiger partial charge in [0.1, 0.15) is 24.4 Å². The van der Waals surface area contributed by atoms with Gasteiger partial charge in [-0.1, -0.05) is 24.3 Å². The Labute approximate surface area is 161 Å². The van der Waals surface area contributed by atoms with Crippen molar-refractivity contribution in [3.05, 3.63) is 59.7 Å². The Hall–Kier alpha value is -3.02. The summed E-state index contributed by atoms with van der Waals surface area (Å²) >= 11 is 0. The molecule has 1 N–H and O–H groups in total. The highest BCUT2D eigenvalue weighted by Crippen LogP contribution is 2.22. The van der Waals surface area contributed by atoms with Crippen LogP contribution in [0.3, 0.4) is 0 Å². The molecule has 0 amide bonds. The Kier molecular flexibility index (Phi) is 7.67. The molecular formula is C22H25N3O2. The molecule has 0 aromatic heterocycles. The molecule has 0 saturated heterocycles. The van der Waals surface area contributed by atoms with E-state index in [0.29, 0.717) is 13.0 Å². The van der Waals surface area contributed by atoms with E-state index in [-0.39, 0.29) is 6.61 Å². The van der Waals surface area contributed by atoms with Crippen LogP contribution in [0.15, 0.2) is 48.5 Å². The van der Waals surface area contributed by atoms with Gasteiger partial charge in [0.25, 0.3) is 0 Å². The highest BCUT2D eigenvalue weighted by Gasteiger charge is 2.14. The molecule has 0 aliphatic carbocycles. The number of ether oxygens (including phenoxy) is 1. The summed E-state index contributed by atoms with van der Waals surface area (Å²) in [6, 6.07) is 19.4. The lowest BCUT2D eigenvalue weighted by Crippen LogP contribution is -2.35. The van der Waals surface area contributed by atoms with Gasteiger partial charge in [0, 0.05) is 25.2 Å². The maximum atomic E-state index is 10.3. The Morgan fingerprint density at radius 3 is 2.41 bits per heavy atom. The molecule has 2 aromatic rings. The molecule has 0 aliphatic rings. The van der Waals surface area contributed by atoms with Crippen molar-refractivity contribution in [2.24, 2.45) is 5.92 Å². The zero-order chi connectivity index (χ0) is 19.6. The third kappa shape index (κ3) is 6.02. The molecule has 5 heteroatoms. The van der Waals surface area contributed by atoms with Crippen LogP contribution in [0.4, 0.5) is 5.69 Å². The summed E-state index contributed by atoms with van der Waals surface area (Å²) in [5.41, 5.74) is 3.04. The highest BCUT2D eigenvalue weighted by molar-refractivity contribution is 5.51. The summed E-state index contributed by atoms with van der Waals surface area (Å²) in [4.78, 5) is 2.09. The van der Waals surface area contributed by atoms with Gasteiger partial charge < -0.3 is 14.7 Å². The molecule has 0 heterocycles. The van der Waals surface area contributed by atoms with Crippen molar-refractivity contribution < 1.29 is 9.84 Å². The number of rotatable bonds is 9. The fourth-order valence-corrected chi connectivity index (χ4v) is 2.88. The molecule has 2 rings (SSSR count). The number of likely N-dealkylation sites (N-methyl/N-ethyl adjacent to an activating group) is 1. The van der Waals surface area contributed by atoms with E-state index in [4.69, 9.17) is 15.3 Å². The molecule has 0 radical (unpaired) electrons. The molecule has 0 saturated carbocycles. The fourth-order valence-electron chi connectivity index (χ4n) is 2.88. The first kappa shape index (κ1) is 20.3. The lowest BCUT2D eigenvalue weighted by molar-refractivity contribution is 0.112. The number of aryl methyl sites for hydroxylation is 1.